The van der Waals surface area contributed by atoms with E-state index < -0.39 is 0 Å². The van der Waals surface area contributed by atoms with Crippen LogP contribution in [0, 0.1) is 34.5 Å². The van der Waals surface area contributed by atoms with E-state index in [2.05, 4.69) is 13.8 Å². The van der Waals surface area contributed by atoms with Gasteiger partial charge in [0.15, 0.2) is 0 Å². The van der Waals surface area contributed by atoms with Crippen LogP contribution in [0.1, 0.15) is 85.0 Å². The molecule has 0 saturated heterocycles. The summed E-state index contributed by atoms with van der Waals surface area (Å²) in [5.41, 5.74) is 1.00. The predicted octanol–water partition coefficient (Wildman–Crippen LogP) is 5.35. The van der Waals surface area contributed by atoms with Crippen molar-refractivity contribution in [3.63, 3.8) is 0 Å². The van der Waals surface area contributed by atoms with Crippen LogP contribution in [0.4, 0.5) is 0 Å². The second-order valence-electron chi connectivity index (χ2n) is 9.70. The fourth-order valence-corrected chi connectivity index (χ4v) is 7.63. The summed E-state index contributed by atoms with van der Waals surface area (Å²) < 4.78 is 5.82. The van der Waals surface area contributed by atoms with E-state index in [4.69, 9.17) is 4.74 Å². The highest BCUT2D eigenvalue weighted by atomic mass is 16.5. The van der Waals surface area contributed by atoms with E-state index in [1.54, 1.807) is 6.92 Å². The molecule has 130 valence electrons. The van der Waals surface area contributed by atoms with Crippen molar-refractivity contribution in [3.8, 4) is 0 Å². The topological polar surface area (TPSA) is 26.3 Å². The van der Waals surface area contributed by atoms with Gasteiger partial charge in [0.2, 0.25) is 0 Å². The molecule has 23 heavy (non-hydrogen) atoms. The van der Waals surface area contributed by atoms with Crippen molar-refractivity contribution in [1.29, 1.82) is 0 Å². The number of fused-ring (bicyclic) bond motifs is 5. The zero-order valence-corrected chi connectivity index (χ0v) is 15.3. The second-order valence-corrected chi connectivity index (χ2v) is 9.70. The fraction of sp³-hybridized carbons (Fsp3) is 0.952. The Balaban J connectivity index is 1.63. The summed E-state index contributed by atoms with van der Waals surface area (Å²) in [6, 6.07) is 0. The maximum absolute atomic E-state index is 11.6. The Bertz CT molecular complexity index is 486. The standard InChI is InChI=1S/C21H34O2/c1-14(22)23-18-10-13-20(2)12-9-17-16(19(18)20)8-7-15-6-4-5-11-21(15,17)3/h15-19H,4-13H2,1-3H3/t15-,16-,17+,18+,19-,20-,21+/m1/s1. The number of hydrogen-bond acceptors (Lipinski definition) is 2. The van der Waals surface area contributed by atoms with Crippen molar-refractivity contribution in [3.05, 3.63) is 0 Å². The van der Waals surface area contributed by atoms with Gasteiger partial charge in [-0.3, -0.25) is 4.79 Å². The van der Waals surface area contributed by atoms with Crippen LogP contribution >= 0.6 is 0 Å². The largest absolute Gasteiger partial charge is 0.462 e. The minimum Gasteiger partial charge on any atom is -0.462 e. The van der Waals surface area contributed by atoms with E-state index in [0.29, 0.717) is 16.7 Å². The summed E-state index contributed by atoms with van der Waals surface area (Å²) in [6.07, 6.45) is 14.0. The molecule has 0 bridgehead atoms. The molecule has 4 aliphatic rings. The lowest BCUT2D eigenvalue weighted by Crippen LogP contribution is -2.53. The van der Waals surface area contributed by atoms with Gasteiger partial charge in [0, 0.05) is 12.8 Å². The molecule has 0 spiro atoms. The number of hydrogen-bond donors (Lipinski definition) is 0. The molecule has 4 rings (SSSR count). The third-order valence-corrected chi connectivity index (χ3v) is 8.67. The van der Waals surface area contributed by atoms with Crippen LogP contribution in [-0.2, 0) is 9.53 Å². The maximum atomic E-state index is 11.6. The first-order valence-electron chi connectivity index (χ1n) is 10.1. The monoisotopic (exact) mass is 318 g/mol. The van der Waals surface area contributed by atoms with Crippen LogP contribution in [0.25, 0.3) is 0 Å². The number of ether oxygens (including phenoxy) is 1. The van der Waals surface area contributed by atoms with E-state index in [1.807, 2.05) is 0 Å². The molecule has 0 radical (unpaired) electrons. The maximum Gasteiger partial charge on any atom is 0.302 e. The molecule has 2 heteroatoms. The fourth-order valence-electron chi connectivity index (χ4n) is 7.63. The molecule has 0 unspecified atom stereocenters. The van der Waals surface area contributed by atoms with Gasteiger partial charge in [-0.15, -0.1) is 0 Å². The molecule has 4 fully saturated rings. The molecular formula is C21H34O2. The molecule has 7 atom stereocenters. The van der Waals surface area contributed by atoms with Crippen LogP contribution in [-0.4, -0.2) is 12.1 Å². The smallest absolute Gasteiger partial charge is 0.302 e. The van der Waals surface area contributed by atoms with Crippen LogP contribution in [0.5, 0.6) is 0 Å². The molecule has 0 aromatic carbocycles. The average molecular weight is 319 g/mol. The van der Waals surface area contributed by atoms with Crippen molar-refractivity contribution in [2.45, 2.75) is 91.1 Å². The highest BCUT2D eigenvalue weighted by Crippen LogP contribution is 2.66. The van der Waals surface area contributed by atoms with Crippen molar-refractivity contribution < 1.29 is 9.53 Å². The van der Waals surface area contributed by atoms with Gasteiger partial charge in [0.25, 0.3) is 0 Å². The third kappa shape index (κ3) is 2.38. The predicted molar refractivity (Wildman–Crippen MR) is 91.9 cm³/mol. The molecular weight excluding hydrogens is 284 g/mol. The first-order valence-corrected chi connectivity index (χ1v) is 10.1. The summed E-state index contributed by atoms with van der Waals surface area (Å²) in [5.74, 6) is 3.22. The third-order valence-electron chi connectivity index (χ3n) is 8.67. The molecule has 0 heterocycles. The quantitative estimate of drug-likeness (QED) is 0.609. The molecule has 0 N–H and O–H groups in total. The van der Waals surface area contributed by atoms with E-state index in [1.165, 1.54) is 57.8 Å². The number of carbonyl (C=O) groups excluding carboxylic acids is 1. The first-order chi connectivity index (χ1) is 10.9. The molecule has 4 aliphatic carbocycles. The van der Waals surface area contributed by atoms with Crippen molar-refractivity contribution >= 4 is 5.97 Å². The van der Waals surface area contributed by atoms with Gasteiger partial charge in [0.1, 0.15) is 6.10 Å². The Morgan fingerprint density at radius 1 is 0.957 bits per heavy atom. The normalized spacial score (nSPS) is 52.2. The highest BCUT2D eigenvalue weighted by molar-refractivity contribution is 5.66. The van der Waals surface area contributed by atoms with Gasteiger partial charge < -0.3 is 4.74 Å². The summed E-state index contributed by atoms with van der Waals surface area (Å²) in [4.78, 5) is 11.6. The van der Waals surface area contributed by atoms with Gasteiger partial charge >= 0.3 is 5.97 Å². The summed E-state index contributed by atoms with van der Waals surface area (Å²) in [6.45, 7) is 6.70. The Kier molecular flexibility index (Phi) is 3.81. The first kappa shape index (κ1) is 16.0. The summed E-state index contributed by atoms with van der Waals surface area (Å²) >= 11 is 0. The van der Waals surface area contributed by atoms with Gasteiger partial charge in [-0.1, -0.05) is 26.7 Å². The Labute approximate surface area is 141 Å². The highest BCUT2D eigenvalue weighted by Gasteiger charge is 2.60. The van der Waals surface area contributed by atoms with Gasteiger partial charge in [-0.2, -0.15) is 0 Å². The zero-order chi connectivity index (χ0) is 16.2. The van der Waals surface area contributed by atoms with E-state index in [9.17, 15) is 4.79 Å². The molecule has 4 saturated carbocycles. The number of esters is 1. The zero-order valence-electron chi connectivity index (χ0n) is 15.3. The van der Waals surface area contributed by atoms with E-state index in [0.717, 1.165) is 24.2 Å². The lowest BCUT2D eigenvalue weighted by atomic mass is 9.45. The van der Waals surface area contributed by atoms with Gasteiger partial charge in [-0.25, -0.2) is 0 Å². The molecule has 0 aromatic heterocycles. The van der Waals surface area contributed by atoms with Crippen molar-refractivity contribution in [2.75, 3.05) is 0 Å². The van der Waals surface area contributed by atoms with Gasteiger partial charge in [0.05, 0.1) is 0 Å². The molecule has 0 amide bonds. The number of rotatable bonds is 1. The molecule has 0 aromatic rings. The van der Waals surface area contributed by atoms with Crippen LogP contribution in [0.3, 0.4) is 0 Å². The van der Waals surface area contributed by atoms with Crippen molar-refractivity contribution in [1.82, 2.24) is 0 Å². The lowest BCUT2D eigenvalue weighted by Gasteiger charge is -2.60. The summed E-state index contributed by atoms with van der Waals surface area (Å²) in [5, 5.41) is 0. The Morgan fingerprint density at radius 3 is 2.52 bits per heavy atom. The average Bonchev–Trinajstić information content (AvgIpc) is 2.83. The Hall–Kier alpha value is -0.530. The van der Waals surface area contributed by atoms with E-state index in [-0.39, 0.29) is 12.1 Å². The molecule has 0 aliphatic heterocycles. The van der Waals surface area contributed by atoms with E-state index >= 15 is 0 Å². The minimum atomic E-state index is -0.0704. The van der Waals surface area contributed by atoms with Crippen LogP contribution in [0.2, 0.25) is 0 Å². The van der Waals surface area contributed by atoms with Crippen LogP contribution in [0.15, 0.2) is 0 Å². The Morgan fingerprint density at radius 2 is 1.74 bits per heavy atom. The van der Waals surface area contributed by atoms with Crippen LogP contribution < -0.4 is 0 Å². The summed E-state index contributed by atoms with van der Waals surface area (Å²) in [7, 11) is 0. The SMILES string of the molecule is CC(=O)O[C@H]1CC[C@@]2(C)CC[C@H]3[C@@H](CC[C@H]4CCCC[C@@]43C)[C@H]12. The second kappa shape index (κ2) is 5.49. The van der Waals surface area contributed by atoms with Gasteiger partial charge in [-0.05, 0) is 80.0 Å². The van der Waals surface area contributed by atoms with Crippen molar-refractivity contribution in [2.24, 2.45) is 34.5 Å². The molecule has 2 nitrogen and oxygen atoms in total. The number of carbonyl (C=O) groups is 1. The minimum absolute atomic E-state index is 0.0704. The lowest BCUT2D eigenvalue weighted by molar-refractivity contribution is -0.160.